The fraction of sp³-hybridized carbons (Fsp3) is 0. The van der Waals surface area contributed by atoms with Gasteiger partial charge in [0.2, 0.25) is 9.47 Å². The molecule has 0 saturated heterocycles. The summed E-state index contributed by atoms with van der Waals surface area (Å²) in [5, 5.41) is 18.8. The van der Waals surface area contributed by atoms with Gasteiger partial charge >= 0.3 is 0 Å². The number of aromatic nitrogens is 2. The Bertz CT molecular complexity index is 652. The van der Waals surface area contributed by atoms with Crippen LogP contribution in [0.4, 0.5) is 5.69 Å². The highest BCUT2D eigenvalue weighted by molar-refractivity contribution is 9.10. The van der Waals surface area contributed by atoms with Gasteiger partial charge in [0.1, 0.15) is 6.07 Å². The molecule has 5 nitrogen and oxygen atoms in total. The second kappa shape index (κ2) is 5.44. The quantitative estimate of drug-likeness (QED) is 0.909. The van der Waals surface area contributed by atoms with Crippen molar-refractivity contribution < 1.29 is 4.79 Å². The summed E-state index contributed by atoms with van der Waals surface area (Å²) in [6.07, 6.45) is 0. The van der Waals surface area contributed by atoms with Crippen molar-refractivity contribution in [3.05, 3.63) is 37.7 Å². The molecule has 8 heteroatoms. The molecular formula is C10H4BrClN4OS. The Kier molecular flexibility index (Phi) is 3.91. The number of benzene rings is 1. The Morgan fingerprint density at radius 3 is 2.89 bits per heavy atom. The van der Waals surface area contributed by atoms with Crippen LogP contribution in [0.15, 0.2) is 22.7 Å². The van der Waals surface area contributed by atoms with E-state index in [-0.39, 0.29) is 9.47 Å². The number of anilines is 1. The second-order valence-corrected chi connectivity index (χ2v) is 5.59. The molecule has 0 unspecified atom stereocenters. The molecule has 0 aliphatic rings. The highest BCUT2D eigenvalue weighted by Gasteiger charge is 2.14. The van der Waals surface area contributed by atoms with Gasteiger partial charge in [-0.05, 0) is 29.8 Å². The van der Waals surface area contributed by atoms with E-state index in [1.54, 1.807) is 18.2 Å². The Morgan fingerprint density at radius 1 is 1.50 bits per heavy atom. The summed E-state index contributed by atoms with van der Waals surface area (Å²) < 4.78 is 0.951. The van der Waals surface area contributed by atoms with Crippen molar-refractivity contribution in [3.63, 3.8) is 0 Å². The van der Waals surface area contributed by atoms with Crippen LogP contribution >= 0.6 is 38.9 Å². The molecule has 1 aromatic heterocycles. The Labute approximate surface area is 120 Å². The maximum absolute atomic E-state index is 11.8. The van der Waals surface area contributed by atoms with Crippen LogP contribution in [0.5, 0.6) is 0 Å². The molecule has 0 bridgehead atoms. The van der Waals surface area contributed by atoms with Crippen LogP contribution in [-0.2, 0) is 0 Å². The third kappa shape index (κ3) is 2.85. The summed E-state index contributed by atoms with van der Waals surface area (Å²) in [7, 11) is 0. The minimum Gasteiger partial charge on any atom is -0.319 e. The minimum atomic E-state index is -0.446. The molecule has 2 aromatic rings. The van der Waals surface area contributed by atoms with Crippen molar-refractivity contribution in [1.29, 1.82) is 5.26 Å². The lowest BCUT2D eigenvalue weighted by molar-refractivity contribution is 0.102. The van der Waals surface area contributed by atoms with Gasteiger partial charge in [-0.2, -0.15) is 5.26 Å². The molecule has 1 N–H and O–H groups in total. The molecule has 0 spiro atoms. The third-order valence-corrected chi connectivity index (χ3v) is 3.46. The van der Waals surface area contributed by atoms with E-state index in [0.717, 1.165) is 15.8 Å². The number of rotatable bonds is 2. The molecule has 18 heavy (non-hydrogen) atoms. The number of halogens is 2. The van der Waals surface area contributed by atoms with Crippen LogP contribution < -0.4 is 5.32 Å². The van der Waals surface area contributed by atoms with Crippen LogP contribution in [0.3, 0.4) is 0 Å². The number of carbonyl (C=O) groups is 1. The molecule has 2 rings (SSSR count). The maximum atomic E-state index is 11.8. The van der Waals surface area contributed by atoms with Gasteiger partial charge in [0.25, 0.3) is 5.91 Å². The van der Waals surface area contributed by atoms with E-state index in [1.165, 1.54) is 0 Å². The number of hydrogen-bond donors (Lipinski definition) is 1. The van der Waals surface area contributed by atoms with Crippen molar-refractivity contribution in [2.24, 2.45) is 0 Å². The molecule has 0 saturated carbocycles. The number of amides is 1. The zero-order valence-electron chi connectivity index (χ0n) is 8.65. The molecule has 1 amide bonds. The normalized spacial score (nSPS) is 9.83. The van der Waals surface area contributed by atoms with Crippen LogP contribution in [0.2, 0.25) is 4.47 Å². The van der Waals surface area contributed by atoms with Gasteiger partial charge in [-0.3, -0.25) is 4.79 Å². The van der Waals surface area contributed by atoms with Gasteiger partial charge < -0.3 is 5.32 Å². The first kappa shape index (κ1) is 13.0. The fourth-order valence-electron chi connectivity index (χ4n) is 1.19. The van der Waals surface area contributed by atoms with Crippen LogP contribution in [-0.4, -0.2) is 16.1 Å². The molecule has 0 fully saturated rings. The highest BCUT2D eigenvalue weighted by atomic mass is 79.9. The van der Waals surface area contributed by atoms with E-state index < -0.39 is 5.91 Å². The van der Waals surface area contributed by atoms with Crippen molar-refractivity contribution in [1.82, 2.24) is 10.2 Å². The Hall–Kier alpha value is -1.49. The summed E-state index contributed by atoms with van der Waals surface area (Å²) in [6, 6.07) is 6.96. The van der Waals surface area contributed by atoms with E-state index in [2.05, 4.69) is 31.4 Å². The average molecular weight is 344 g/mol. The van der Waals surface area contributed by atoms with Gasteiger partial charge in [0.05, 0.1) is 11.3 Å². The molecule has 1 aromatic carbocycles. The topological polar surface area (TPSA) is 78.7 Å². The molecule has 1 heterocycles. The minimum absolute atomic E-state index is 0.145. The summed E-state index contributed by atoms with van der Waals surface area (Å²) in [5.41, 5.74) is 0.769. The molecule has 0 aliphatic heterocycles. The van der Waals surface area contributed by atoms with Crippen molar-refractivity contribution in [2.45, 2.75) is 0 Å². The zero-order valence-corrected chi connectivity index (χ0v) is 11.8. The number of hydrogen-bond acceptors (Lipinski definition) is 5. The van der Waals surface area contributed by atoms with E-state index in [4.69, 9.17) is 16.9 Å². The zero-order chi connectivity index (χ0) is 13.1. The molecule has 0 aliphatic carbocycles. The SMILES string of the molecule is N#Cc1cc(Br)ccc1NC(=O)c1nnc(Cl)s1. The monoisotopic (exact) mass is 342 g/mol. The van der Waals surface area contributed by atoms with Crippen molar-refractivity contribution in [2.75, 3.05) is 5.32 Å². The third-order valence-electron chi connectivity index (χ3n) is 1.94. The number of nitrogens with zero attached hydrogens (tertiary/aromatic N) is 3. The molecule has 0 radical (unpaired) electrons. The van der Waals surface area contributed by atoms with E-state index >= 15 is 0 Å². The molecule has 90 valence electrons. The average Bonchev–Trinajstić information content (AvgIpc) is 2.78. The van der Waals surface area contributed by atoms with Crippen molar-refractivity contribution in [3.8, 4) is 6.07 Å². The number of nitriles is 1. The summed E-state index contributed by atoms with van der Waals surface area (Å²) in [6.45, 7) is 0. The summed E-state index contributed by atoms with van der Waals surface area (Å²) in [4.78, 5) is 11.8. The lowest BCUT2D eigenvalue weighted by Gasteiger charge is -2.04. The first-order valence-corrected chi connectivity index (χ1v) is 6.59. The van der Waals surface area contributed by atoms with Crippen LogP contribution in [0, 0.1) is 11.3 Å². The van der Waals surface area contributed by atoms with Crippen LogP contribution in [0.1, 0.15) is 15.4 Å². The van der Waals surface area contributed by atoms with Crippen LogP contribution in [0.25, 0.3) is 0 Å². The molecule has 0 atom stereocenters. The molecular weight excluding hydrogens is 340 g/mol. The Morgan fingerprint density at radius 2 is 2.28 bits per heavy atom. The summed E-state index contributed by atoms with van der Waals surface area (Å²) in [5.74, 6) is -0.446. The number of carbonyl (C=O) groups excluding carboxylic acids is 1. The first-order valence-electron chi connectivity index (χ1n) is 4.60. The highest BCUT2D eigenvalue weighted by Crippen LogP contribution is 2.22. The van der Waals surface area contributed by atoms with Gasteiger partial charge in [0, 0.05) is 4.47 Å². The van der Waals surface area contributed by atoms with Gasteiger partial charge in [-0.15, -0.1) is 10.2 Å². The lowest BCUT2D eigenvalue weighted by atomic mass is 10.2. The number of nitrogens with one attached hydrogen (secondary N) is 1. The largest absolute Gasteiger partial charge is 0.319 e. The van der Waals surface area contributed by atoms with Crippen molar-refractivity contribution >= 4 is 50.5 Å². The smallest absolute Gasteiger partial charge is 0.286 e. The van der Waals surface area contributed by atoms with Gasteiger partial charge in [-0.1, -0.05) is 27.3 Å². The van der Waals surface area contributed by atoms with E-state index in [1.807, 2.05) is 6.07 Å². The van der Waals surface area contributed by atoms with Gasteiger partial charge in [0.15, 0.2) is 0 Å². The van der Waals surface area contributed by atoms with E-state index in [0.29, 0.717) is 11.3 Å². The standard InChI is InChI=1S/C10H4BrClN4OS/c11-6-1-2-7(5(3-6)4-13)14-8(17)9-15-16-10(12)18-9/h1-3H,(H,14,17). The predicted octanol–water partition coefficient (Wildman–Crippen LogP) is 3.08. The predicted molar refractivity (Wildman–Crippen MR) is 71.7 cm³/mol. The summed E-state index contributed by atoms with van der Waals surface area (Å²) >= 11 is 9.81. The Balaban J connectivity index is 2.25. The fourth-order valence-corrected chi connectivity index (χ4v) is 2.28. The lowest BCUT2D eigenvalue weighted by Crippen LogP contribution is -2.12. The maximum Gasteiger partial charge on any atom is 0.286 e. The second-order valence-electron chi connectivity index (χ2n) is 3.12. The first-order chi connectivity index (χ1) is 8.60. The van der Waals surface area contributed by atoms with Gasteiger partial charge in [-0.25, -0.2) is 0 Å². The van der Waals surface area contributed by atoms with E-state index in [9.17, 15) is 4.79 Å².